The molecule has 0 heterocycles. The summed E-state index contributed by atoms with van der Waals surface area (Å²) in [6.45, 7) is 1.82. The summed E-state index contributed by atoms with van der Waals surface area (Å²) in [5.74, 6) is 2.39. The quantitative estimate of drug-likeness (QED) is 0.519. The van der Waals surface area contributed by atoms with Gasteiger partial charge in [-0.25, -0.2) is 4.39 Å². The molecule has 0 N–H and O–H groups in total. The zero-order chi connectivity index (χ0) is 6.41. The first-order valence-electron chi connectivity index (χ1n) is 2.88. The largest absolute Gasteiger partial charge is 0.269 e. The van der Waals surface area contributed by atoms with Crippen LogP contribution in [0.2, 0.25) is 0 Å². The van der Waals surface area contributed by atoms with Crippen LogP contribution in [0.25, 0.3) is 0 Å². The average molecular weight is 134 g/mol. The Hall–Kier alpha value is -0.580. The van der Waals surface area contributed by atoms with Crippen molar-refractivity contribution in [1.29, 1.82) is 0 Å². The monoisotopic (exact) mass is 134 g/mol. The standard InChI is InChI=1S/C7H11F.FH/c1-3-5-6-7(8)4-2;/h1,7H,4-6H2,2H3;1H/t7-;/m0./s1. The first-order valence-corrected chi connectivity index (χ1v) is 2.88. The van der Waals surface area contributed by atoms with Gasteiger partial charge in [-0.05, 0) is 12.8 Å². The maximum atomic E-state index is 12.2. The van der Waals surface area contributed by atoms with E-state index in [0.29, 0.717) is 19.3 Å². The van der Waals surface area contributed by atoms with Crippen molar-refractivity contribution < 1.29 is 9.09 Å². The molecule has 0 nitrogen and oxygen atoms in total. The van der Waals surface area contributed by atoms with E-state index < -0.39 is 6.17 Å². The van der Waals surface area contributed by atoms with Crippen LogP contribution in [-0.4, -0.2) is 6.17 Å². The Morgan fingerprint density at radius 1 is 1.67 bits per heavy atom. The van der Waals surface area contributed by atoms with Crippen molar-refractivity contribution in [2.45, 2.75) is 32.4 Å². The number of rotatable bonds is 3. The van der Waals surface area contributed by atoms with Gasteiger partial charge < -0.3 is 0 Å². The van der Waals surface area contributed by atoms with Crippen molar-refractivity contribution >= 4 is 0 Å². The van der Waals surface area contributed by atoms with Crippen molar-refractivity contribution in [3.63, 3.8) is 0 Å². The predicted molar refractivity (Wildman–Crippen MR) is 35.8 cm³/mol. The Morgan fingerprint density at radius 2 is 2.22 bits per heavy atom. The summed E-state index contributed by atoms with van der Waals surface area (Å²) in [6.07, 6.45) is 5.90. The normalized spacial score (nSPS) is 11.2. The topological polar surface area (TPSA) is 0 Å². The number of hydrogen-bond donors (Lipinski definition) is 0. The highest BCUT2D eigenvalue weighted by Crippen LogP contribution is 2.03. The fourth-order valence-electron chi connectivity index (χ4n) is 0.444. The average Bonchev–Trinajstić information content (AvgIpc) is 1.83. The molecular formula is C7H12F2. The molecule has 0 aromatic carbocycles. The molecule has 0 aliphatic carbocycles. The minimum atomic E-state index is -0.689. The molecule has 0 aliphatic rings. The van der Waals surface area contributed by atoms with Crippen molar-refractivity contribution in [1.82, 2.24) is 0 Å². The predicted octanol–water partition coefficient (Wildman–Crippen LogP) is 2.30. The van der Waals surface area contributed by atoms with Gasteiger partial charge in [0, 0.05) is 6.42 Å². The van der Waals surface area contributed by atoms with E-state index in [2.05, 4.69) is 5.92 Å². The lowest BCUT2D eigenvalue weighted by Crippen LogP contribution is -1.94. The second-order valence-corrected chi connectivity index (χ2v) is 1.75. The van der Waals surface area contributed by atoms with Gasteiger partial charge in [0.2, 0.25) is 0 Å². The van der Waals surface area contributed by atoms with Crippen molar-refractivity contribution in [3.8, 4) is 12.3 Å². The summed E-state index contributed by atoms with van der Waals surface area (Å²) < 4.78 is 12.2. The molecule has 2 heteroatoms. The summed E-state index contributed by atoms with van der Waals surface area (Å²) in [7, 11) is 0. The molecule has 0 saturated carbocycles. The smallest absolute Gasteiger partial charge is 0.101 e. The van der Waals surface area contributed by atoms with Gasteiger partial charge >= 0.3 is 0 Å². The lowest BCUT2D eigenvalue weighted by molar-refractivity contribution is 0.309. The molecule has 0 radical (unpaired) electrons. The molecule has 0 bridgehead atoms. The maximum Gasteiger partial charge on any atom is 0.101 e. The van der Waals surface area contributed by atoms with Gasteiger partial charge in [-0.15, -0.1) is 12.3 Å². The van der Waals surface area contributed by atoms with Gasteiger partial charge in [0.15, 0.2) is 0 Å². The lowest BCUT2D eigenvalue weighted by atomic mass is 10.2. The van der Waals surface area contributed by atoms with Crippen molar-refractivity contribution in [2.75, 3.05) is 0 Å². The highest BCUT2D eigenvalue weighted by Gasteiger charge is 1.98. The molecule has 54 valence electrons. The molecule has 0 spiro atoms. The summed E-state index contributed by atoms with van der Waals surface area (Å²) in [4.78, 5) is 0. The Morgan fingerprint density at radius 3 is 2.56 bits per heavy atom. The number of terminal acetylenes is 1. The van der Waals surface area contributed by atoms with Gasteiger partial charge in [-0.3, -0.25) is 4.70 Å². The number of alkyl halides is 1. The van der Waals surface area contributed by atoms with E-state index >= 15 is 0 Å². The van der Waals surface area contributed by atoms with Gasteiger partial charge in [0.05, 0.1) is 0 Å². The number of hydrogen-bond acceptors (Lipinski definition) is 0. The SMILES string of the molecule is C#CCC[C@@H](F)CC.F. The molecule has 1 atom stereocenters. The second kappa shape index (κ2) is 7.42. The van der Waals surface area contributed by atoms with E-state index in [-0.39, 0.29) is 4.70 Å². The van der Waals surface area contributed by atoms with Crippen LogP contribution in [0.1, 0.15) is 26.2 Å². The fourth-order valence-corrected chi connectivity index (χ4v) is 0.444. The summed E-state index contributed by atoms with van der Waals surface area (Å²) >= 11 is 0. The van der Waals surface area contributed by atoms with Gasteiger partial charge in [0.1, 0.15) is 6.17 Å². The van der Waals surface area contributed by atoms with Gasteiger partial charge in [0.25, 0.3) is 0 Å². The Labute approximate surface area is 54.8 Å². The molecule has 0 unspecified atom stereocenters. The van der Waals surface area contributed by atoms with E-state index in [1.165, 1.54) is 0 Å². The molecule has 0 rings (SSSR count). The Balaban J connectivity index is 0. The summed E-state index contributed by atoms with van der Waals surface area (Å²) in [5.41, 5.74) is 0. The third kappa shape index (κ3) is 7.42. The van der Waals surface area contributed by atoms with Crippen LogP contribution < -0.4 is 0 Å². The fraction of sp³-hybridized carbons (Fsp3) is 0.714. The van der Waals surface area contributed by atoms with Crippen molar-refractivity contribution in [2.24, 2.45) is 0 Å². The Bertz CT molecular complexity index is 83.4. The van der Waals surface area contributed by atoms with E-state index in [1.807, 2.05) is 6.92 Å². The third-order valence-electron chi connectivity index (χ3n) is 1.04. The van der Waals surface area contributed by atoms with E-state index in [1.54, 1.807) is 0 Å². The molecular weight excluding hydrogens is 122 g/mol. The van der Waals surface area contributed by atoms with Crippen LogP contribution >= 0.6 is 0 Å². The van der Waals surface area contributed by atoms with Gasteiger partial charge in [-0.2, -0.15) is 0 Å². The van der Waals surface area contributed by atoms with E-state index in [9.17, 15) is 4.39 Å². The minimum absolute atomic E-state index is 0. The van der Waals surface area contributed by atoms with Crippen LogP contribution in [0.3, 0.4) is 0 Å². The lowest BCUT2D eigenvalue weighted by Gasteiger charge is -1.98. The highest BCUT2D eigenvalue weighted by molar-refractivity contribution is 4.83. The first kappa shape index (κ1) is 11.2. The molecule has 0 aliphatic heterocycles. The first-order chi connectivity index (χ1) is 3.81. The molecule has 0 amide bonds. The zero-order valence-electron chi connectivity index (χ0n) is 5.56. The molecule has 0 fully saturated rings. The van der Waals surface area contributed by atoms with Crippen LogP contribution in [0, 0.1) is 12.3 Å². The maximum absolute atomic E-state index is 12.2. The third-order valence-corrected chi connectivity index (χ3v) is 1.04. The van der Waals surface area contributed by atoms with E-state index in [0.717, 1.165) is 0 Å². The van der Waals surface area contributed by atoms with Gasteiger partial charge in [-0.1, -0.05) is 6.92 Å². The Kier molecular flexibility index (Phi) is 9.27. The second-order valence-electron chi connectivity index (χ2n) is 1.75. The molecule has 0 saturated heterocycles. The van der Waals surface area contributed by atoms with E-state index in [4.69, 9.17) is 6.42 Å². The molecule has 0 aromatic heterocycles. The van der Waals surface area contributed by atoms with Crippen LogP contribution in [-0.2, 0) is 0 Å². The van der Waals surface area contributed by atoms with Crippen molar-refractivity contribution in [3.05, 3.63) is 0 Å². The summed E-state index contributed by atoms with van der Waals surface area (Å²) in [5, 5.41) is 0. The van der Waals surface area contributed by atoms with Crippen LogP contribution in [0.5, 0.6) is 0 Å². The minimum Gasteiger partial charge on any atom is -0.269 e. The summed E-state index contributed by atoms with van der Waals surface area (Å²) in [6, 6.07) is 0. The highest BCUT2D eigenvalue weighted by atomic mass is 19.1. The van der Waals surface area contributed by atoms with Crippen LogP contribution in [0.15, 0.2) is 0 Å². The van der Waals surface area contributed by atoms with Crippen LogP contribution in [0.4, 0.5) is 9.09 Å². The number of halogens is 2. The molecule has 0 aromatic rings. The zero-order valence-corrected chi connectivity index (χ0v) is 5.56. The molecule has 9 heavy (non-hydrogen) atoms.